The van der Waals surface area contributed by atoms with Crippen molar-refractivity contribution < 1.29 is 0 Å². The van der Waals surface area contributed by atoms with Crippen LogP contribution >= 0.6 is 23.2 Å². The Bertz CT molecular complexity index is 378. The van der Waals surface area contributed by atoms with Gasteiger partial charge in [0.25, 0.3) is 0 Å². The molecule has 0 aliphatic carbocycles. The van der Waals surface area contributed by atoms with Gasteiger partial charge < -0.3 is 0 Å². The standard InChI is InChI=1S/C20H33Cl2N/c1-2-3-4-5-6-7-8-9-10-14-17-23-20(21,22)18-19-15-12-11-13-16-19/h11-13,15-16,23H,2-10,14,17-18H2,1H3. The number of rotatable bonds is 14. The van der Waals surface area contributed by atoms with Crippen molar-refractivity contribution in [3.05, 3.63) is 35.9 Å². The van der Waals surface area contributed by atoms with Crippen LogP contribution in [0.1, 0.15) is 76.7 Å². The average molecular weight is 358 g/mol. The van der Waals surface area contributed by atoms with Crippen molar-refractivity contribution >= 4 is 23.2 Å². The monoisotopic (exact) mass is 357 g/mol. The third-order valence-electron chi connectivity index (χ3n) is 4.18. The minimum atomic E-state index is -0.860. The second-order valence-electron chi connectivity index (χ2n) is 6.48. The van der Waals surface area contributed by atoms with E-state index in [1.54, 1.807) is 0 Å². The molecular formula is C20H33Cl2N. The number of hydrogen-bond donors (Lipinski definition) is 1. The van der Waals surface area contributed by atoms with Crippen molar-refractivity contribution in [1.82, 2.24) is 5.32 Å². The molecule has 0 amide bonds. The molecule has 0 aromatic heterocycles. The van der Waals surface area contributed by atoms with E-state index in [0.717, 1.165) is 18.5 Å². The van der Waals surface area contributed by atoms with E-state index in [9.17, 15) is 0 Å². The van der Waals surface area contributed by atoms with Gasteiger partial charge in [-0.2, -0.15) is 0 Å². The van der Waals surface area contributed by atoms with Gasteiger partial charge in [0.15, 0.2) is 4.46 Å². The fourth-order valence-corrected chi connectivity index (χ4v) is 3.30. The molecule has 132 valence electrons. The smallest absolute Gasteiger partial charge is 0.172 e. The summed E-state index contributed by atoms with van der Waals surface area (Å²) in [6, 6.07) is 10.1. The number of hydrogen-bond acceptors (Lipinski definition) is 1. The van der Waals surface area contributed by atoms with Crippen LogP contribution in [0.3, 0.4) is 0 Å². The van der Waals surface area contributed by atoms with Gasteiger partial charge >= 0.3 is 0 Å². The maximum absolute atomic E-state index is 6.35. The highest BCUT2D eigenvalue weighted by Gasteiger charge is 2.22. The van der Waals surface area contributed by atoms with Gasteiger partial charge in [-0.05, 0) is 18.5 Å². The van der Waals surface area contributed by atoms with E-state index in [4.69, 9.17) is 23.2 Å². The van der Waals surface area contributed by atoms with E-state index in [1.807, 2.05) is 18.2 Å². The van der Waals surface area contributed by atoms with Gasteiger partial charge in [-0.3, -0.25) is 5.32 Å². The Morgan fingerprint density at radius 1 is 0.783 bits per heavy atom. The van der Waals surface area contributed by atoms with Gasteiger partial charge in [0.1, 0.15) is 0 Å². The highest BCUT2D eigenvalue weighted by Crippen LogP contribution is 2.23. The van der Waals surface area contributed by atoms with Gasteiger partial charge in [0.2, 0.25) is 0 Å². The van der Waals surface area contributed by atoms with E-state index in [0.29, 0.717) is 6.42 Å². The molecule has 1 rings (SSSR count). The van der Waals surface area contributed by atoms with Gasteiger partial charge in [-0.15, -0.1) is 0 Å². The maximum atomic E-state index is 6.35. The largest absolute Gasteiger partial charge is 0.286 e. The first kappa shape index (κ1) is 20.8. The van der Waals surface area contributed by atoms with Crippen LogP contribution in [0.25, 0.3) is 0 Å². The molecule has 0 saturated heterocycles. The number of nitrogens with one attached hydrogen (secondary N) is 1. The quantitative estimate of drug-likeness (QED) is 0.217. The van der Waals surface area contributed by atoms with E-state index in [2.05, 4.69) is 24.4 Å². The SMILES string of the molecule is CCCCCCCCCCCCNC(Cl)(Cl)Cc1ccccc1. The normalized spacial score (nSPS) is 11.8. The molecule has 0 saturated carbocycles. The van der Waals surface area contributed by atoms with Crippen molar-refractivity contribution in [1.29, 1.82) is 0 Å². The van der Waals surface area contributed by atoms with Crippen LogP contribution in [0.4, 0.5) is 0 Å². The molecule has 0 fully saturated rings. The lowest BCUT2D eigenvalue weighted by Gasteiger charge is -2.21. The summed E-state index contributed by atoms with van der Waals surface area (Å²) in [5.41, 5.74) is 1.16. The summed E-state index contributed by atoms with van der Waals surface area (Å²) in [7, 11) is 0. The molecule has 3 heteroatoms. The summed E-state index contributed by atoms with van der Waals surface area (Å²) < 4.78 is -0.860. The zero-order valence-corrected chi connectivity index (χ0v) is 16.1. The second kappa shape index (κ2) is 13.1. The average Bonchev–Trinajstić information content (AvgIpc) is 2.53. The molecule has 0 unspecified atom stereocenters. The minimum absolute atomic E-state index is 0.634. The summed E-state index contributed by atoms with van der Waals surface area (Å²) in [4.78, 5) is 0. The fourth-order valence-electron chi connectivity index (χ4n) is 2.80. The van der Waals surface area contributed by atoms with Crippen molar-refractivity contribution in [2.24, 2.45) is 0 Å². The summed E-state index contributed by atoms with van der Waals surface area (Å²) in [6.07, 6.45) is 14.1. The third-order valence-corrected chi connectivity index (χ3v) is 4.72. The molecule has 0 radical (unpaired) electrons. The molecule has 1 aromatic rings. The summed E-state index contributed by atoms with van der Waals surface area (Å²) in [6.45, 7) is 3.15. The lowest BCUT2D eigenvalue weighted by Crippen LogP contribution is -2.36. The zero-order chi connectivity index (χ0) is 16.8. The van der Waals surface area contributed by atoms with Crippen LogP contribution in [0, 0.1) is 0 Å². The summed E-state index contributed by atoms with van der Waals surface area (Å²) in [5, 5.41) is 3.26. The highest BCUT2D eigenvalue weighted by molar-refractivity contribution is 6.48. The van der Waals surface area contributed by atoms with Crippen molar-refractivity contribution in [2.75, 3.05) is 6.54 Å². The van der Waals surface area contributed by atoms with Crippen LogP contribution in [-0.2, 0) is 6.42 Å². The fraction of sp³-hybridized carbons (Fsp3) is 0.700. The molecule has 23 heavy (non-hydrogen) atoms. The van der Waals surface area contributed by atoms with Crippen molar-refractivity contribution in [3.8, 4) is 0 Å². The van der Waals surface area contributed by atoms with Crippen LogP contribution in [0.15, 0.2) is 30.3 Å². The Morgan fingerprint density at radius 2 is 1.30 bits per heavy atom. The Morgan fingerprint density at radius 3 is 1.87 bits per heavy atom. The van der Waals surface area contributed by atoms with E-state index >= 15 is 0 Å². The summed E-state index contributed by atoms with van der Waals surface area (Å²) in [5.74, 6) is 0. The molecule has 0 heterocycles. The lowest BCUT2D eigenvalue weighted by molar-refractivity contribution is 0.523. The molecule has 0 aliphatic rings. The number of benzene rings is 1. The molecule has 1 N–H and O–H groups in total. The van der Waals surface area contributed by atoms with Crippen LogP contribution in [-0.4, -0.2) is 11.0 Å². The van der Waals surface area contributed by atoms with Crippen LogP contribution < -0.4 is 5.32 Å². The number of alkyl halides is 2. The Hall–Kier alpha value is -0.240. The lowest BCUT2D eigenvalue weighted by atomic mass is 10.1. The topological polar surface area (TPSA) is 12.0 Å². The molecule has 0 atom stereocenters. The molecule has 0 bridgehead atoms. The Labute approximate surface area is 153 Å². The number of unbranched alkanes of at least 4 members (excludes halogenated alkanes) is 9. The third kappa shape index (κ3) is 11.9. The second-order valence-corrected chi connectivity index (χ2v) is 7.96. The van der Waals surface area contributed by atoms with Gasteiger partial charge in [-0.1, -0.05) is 118 Å². The van der Waals surface area contributed by atoms with Crippen molar-refractivity contribution in [2.45, 2.75) is 82.0 Å². The first-order valence-corrected chi connectivity index (χ1v) is 10.1. The zero-order valence-electron chi connectivity index (χ0n) is 14.6. The molecule has 1 nitrogen and oxygen atoms in total. The summed E-state index contributed by atoms with van der Waals surface area (Å²) >= 11 is 12.7. The predicted molar refractivity (Wildman–Crippen MR) is 104 cm³/mol. The first-order chi connectivity index (χ1) is 11.1. The van der Waals surface area contributed by atoms with Gasteiger partial charge in [0, 0.05) is 6.42 Å². The maximum Gasteiger partial charge on any atom is 0.172 e. The Kier molecular flexibility index (Phi) is 11.8. The van der Waals surface area contributed by atoms with Gasteiger partial charge in [0.05, 0.1) is 0 Å². The van der Waals surface area contributed by atoms with Crippen LogP contribution in [0.5, 0.6) is 0 Å². The Balaban J connectivity index is 1.95. The van der Waals surface area contributed by atoms with Gasteiger partial charge in [-0.25, -0.2) is 0 Å². The molecule has 0 spiro atoms. The first-order valence-electron chi connectivity index (χ1n) is 9.31. The van der Waals surface area contributed by atoms with Crippen LogP contribution in [0.2, 0.25) is 0 Å². The number of halogens is 2. The molecule has 1 aromatic carbocycles. The minimum Gasteiger partial charge on any atom is -0.286 e. The van der Waals surface area contributed by atoms with E-state index < -0.39 is 4.46 Å². The molecule has 0 aliphatic heterocycles. The highest BCUT2D eigenvalue weighted by atomic mass is 35.5. The van der Waals surface area contributed by atoms with E-state index in [-0.39, 0.29) is 0 Å². The van der Waals surface area contributed by atoms with Crippen molar-refractivity contribution in [3.63, 3.8) is 0 Å². The predicted octanol–water partition coefficient (Wildman–Crippen LogP) is 6.87. The molecular weight excluding hydrogens is 325 g/mol. The van der Waals surface area contributed by atoms with E-state index in [1.165, 1.54) is 57.8 Å².